The van der Waals surface area contributed by atoms with Crippen molar-refractivity contribution in [1.82, 2.24) is 0 Å². The monoisotopic (exact) mass is 382 g/mol. The van der Waals surface area contributed by atoms with Gasteiger partial charge in [0.15, 0.2) is 23.4 Å². The van der Waals surface area contributed by atoms with Crippen LogP contribution in [0, 0.1) is 5.92 Å². The number of nitrogens with zero attached hydrogens (tertiary/aromatic N) is 1. The quantitative estimate of drug-likeness (QED) is 0.619. The molecule has 1 aromatic carbocycles. The van der Waals surface area contributed by atoms with Gasteiger partial charge in [-0.15, -0.1) is 0 Å². The lowest BCUT2D eigenvalue weighted by atomic mass is 9.48. The first-order chi connectivity index (χ1) is 13.5. The van der Waals surface area contributed by atoms with Crippen LogP contribution in [0.2, 0.25) is 0 Å². The minimum absolute atomic E-state index is 0.0436. The van der Waals surface area contributed by atoms with Gasteiger partial charge >= 0.3 is 0 Å². The SMILES string of the molecule is C=CC[N+]1(CC2CC2)CC[C@]23c4c5ccc(O)c4O[C@H]2C(=O)CCC3(O)[C@H]1C5. The average Bonchev–Trinajstić information content (AvgIpc) is 3.39. The van der Waals surface area contributed by atoms with Crippen molar-refractivity contribution >= 4 is 5.78 Å². The van der Waals surface area contributed by atoms with Crippen molar-refractivity contribution in [3.63, 3.8) is 0 Å². The first-order valence-corrected chi connectivity index (χ1v) is 10.7. The number of hydrogen-bond acceptors (Lipinski definition) is 4. The van der Waals surface area contributed by atoms with E-state index >= 15 is 0 Å². The van der Waals surface area contributed by atoms with E-state index in [-0.39, 0.29) is 17.6 Å². The maximum absolute atomic E-state index is 12.9. The second-order valence-corrected chi connectivity index (χ2v) is 9.82. The molecular formula is C23H28NO4+. The number of benzene rings is 1. The molecular weight excluding hydrogens is 354 g/mol. The van der Waals surface area contributed by atoms with Crippen LogP contribution in [0.3, 0.4) is 0 Å². The molecule has 2 saturated carbocycles. The van der Waals surface area contributed by atoms with Gasteiger partial charge in [0.2, 0.25) is 0 Å². The molecule has 1 spiro atoms. The predicted octanol–water partition coefficient (Wildman–Crippen LogP) is 2.23. The lowest BCUT2D eigenvalue weighted by molar-refractivity contribution is -0.962. The molecule has 2 unspecified atom stereocenters. The summed E-state index contributed by atoms with van der Waals surface area (Å²) in [4.78, 5) is 12.9. The van der Waals surface area contributed by atoms with Gasteiger partial charge in [0.1, 0.15) is 11.6 Å². The van der Waals surface area contributed by atoms with Crippen LogP contribution in [0.25, 0.3) is 0 Å². The van der Waals surface area contributed by atoms with E-state index in [1.807, 2.05) is 12.1 Å². The Morgan fingerprint density at radius 3 is 2.89 bits per heavy atom. The summed E-state index contributed by atoms with van der Waals surface area (Å²) in [5.74, 6) is 1.35. The maximum atomic E-state index is 12.9. The summed E-state index contributed by atoms with van der Waals surface area (Å²) in [6, 6.07) is 3.72. The predicted molar refractivity (Wildman–Crippen MR) is 103 cm³/mol. The maximum Gasteiger partial charge on any atom is 0.174 e. The number of piperidine rings is 1. The Morgan fingerprint density at radius 1 is 1.32 bits per heavy atom. The van der Waals surface area contributed by atoms with E-state index in [1.165, 1.54) is 12.8 Å². The number of ketones is 1. The van der Waals surface area contributed by atoms with Crippen molar-refractivity contribution in [2.24, 2.45) is 5.92 Å². The van der Waals surface area contributed by atoms with Gasteiger partial charge < -0.3 is 19.4 Å². The van der Waals surface area contributed by atoms with Crippen molar-refractivity contribution < 1.29 is 24.2 Å². The molecule has 5 nitrogen and oxygen atoms in total. The molecule has 28 heavy (non-hydrogen) atoms. The number of aliphatic hydroxyl groups is 1. The van der Waals surface area contributed by atoms with Gasteiger partial charge in [-0.25, -0.2) is 0 Å². The highest BCUT2D eigenvalue weighted by Gasteiger charge is 2.76. The Morgan fingerprint density at radius 2 is 2.14 bits per heavy atom. The summed E-state index contributed by atoms with van der Waals surface area (Å²) < 4.78 is 7.00. The molecule has 3 fully saturated rings. The van der Waals surface area contributed by atoms with Crippen LogP contribution >= 0.6 is 0 Å². The molecule has 2 N–H and O–H groups in total. The molecule has 5 heteroatoms. The summed E-state index contributed by atoms with van der Waals surface area (Å²) in [6.07, 6.45) is 6.25. The highest BCUT2D eigenvalue weighted by molar-refractivity contribution is 5.90. The standard InChI is InChI=1S/C23H27NO4/c1-2-10-24(13-14-3-4-14)11-9-22-19-15-5-6-16(25)20(19)28-21(22)17(26)7-8-23(22,27)18(24)12-15/h2,5-6,14,18,21,27H,1,3-4,7-13H2/p+1/t18-,21+,22+,23?,24?/m1/s1. The van der Waals surface area contributed by atoms with Crippen LogP contribution in [0.4, 0.5) is 0 Å². The third-order valence-corrected chi connectivity index (χ3v) is 8.56. The molecule has 2 heterocycles. The van der Waals surface area contributed by atoms with Crippen LogP contribution in [0.5, 0.6) is 11.5 Å². The zero-order chi connectivity index (χ0) is 19.3. The minimum Gasteiger partial charge on any atom is -0.504 e. The summed E-state index contributed by atoms with van der Waals surface area (Å²) >= 11 is 0. The zero-order valence-electron chi connectivity index (χ0n) is 16.2. The number of likely N-dealkylation sites (tertiary alicyclic amines) is 1. The molecule has 0 aromatic heterocycles. The number of phenolic OH excluding ortho intramolecular Hbond substituents is 1. The molecule has 2 bridgehead atoms. The van der Waals surface area contributed by atoms with E-state index in [2.05, 4.69) is 6.58 Å². The highest BCUT2D eigenvalue weighted by atomic mass is 16.5. The zero-order valence-corrected chi connectivity index (χ0v) is 16.2. The van der Waals surface area contributed by atoms with Crippen LogP contribution in [0.15, 0.2) is 24.8 Å². The number of hydrogen-bond donors (Lipinski definition) is 2. The number of quaternary nitrogens is 1. The normalized spacial score (nSPS) is 42.7. The van der Waals surface area contributed by atoms with Crippen LogP contribution in [-0.2, 0) is 16.6 Å². The van der Waals surface area contributed by atoms with E-state index in [0.717, 1.165) is 54.0 Å². The van der Waals surface area contributed by atoms with Gasteiger partial charge in [0, 0.05) is 30.7 Å². The van der Waals surface area contributed by atoms with Gasteiger partial charge in [-0.05, 0) is 37.0 Å². The Bertz CT molecular complexity index is 908. The molecule has 2 aliphatic heterocycles. The number of ether oxygens (including phenoxy) is 1. The molecule has 148 valence electrons. The topological polar surface area (TPSA) is 66.8 Å². The molecule has 1 saturated heterocycles. The largest absolute Gasteiger partial charge is 0.504 e. The van der Waals surface area contributed by atoms with Crippen LogP contribution < -0.4 is 4.74 Å². The van der Waals surface area contributed by atoms with E-state index < -0.39 is 17.1 Å². The second kappa shape index (κ2) is 5.19. The number of aromatic hydroxyl groups is 1. The number of carbonyl (C=O) groups is 1. The minimum atomic E-state index is -0.978. The fraction of sp³-hybridized carbons (Fsp3) is 0.609. The van der Waals surface area contributed by atoms with Gasteiger partial charge in [0.05, 0.1) is 25.0 Å². The molecule has 6 rings (SSSR count). The summed E-state index contributed by atoms with van der Waals surface area (Å²) in [7, 11) is 0. The third kappa shape index (κ3) is 1.79. The summed E-state index contributed by atoms with van der Waals surface area (Å²) in [5, 5.41) is 22.8. The molecule has 0 radical (unpaired) electrons. The highest BCUT2D eigenvalue weighted by Crippen LogP contribution is 2.66. The molecule has 0 amide bonds. The number of rotatable bonds is 4. The smallest absolute Gasteiger partial charge is 0.174 e. The van der Waals surface area contributed by atoms with Gasteiger partial charge in [-0.1, -0.05) is 12.6 Å². The van der Waals surface area contributed by atoms with Gasteiger partial charge in [-0.2, -0.15) is 0 Å². The third-order valence-electron chi connectivity index (χ3n) is 8.56. The molecule has 1 aromatic rings. The summed E-state index contributed by atoms with van der Waals surface area (Å²) in [6.45, 7) is 6.92. The summed E-state index contributed by atoms with van der Waals surface area (Å²) in [5.41, 5.74) is 0.378. The van der Waals surface area contributed by atoms with Crippen LogP contribution in [0.1, 0.15) is 43.2 Å². The molecule has 3 aliphatic carbocycles. The lowest BCUT2D eigenvalue weighted by Gasteiger charge is -2.65. The number of Topliss-reactive ketones (excluding diaryl/α,β-unsaturated/α-hetero) is 1. The average molecular weight is 382 g/mol. The Labute approximate surface area is 165 Å². The second-order valence-electron chi connectivity index (χ2n) is 9.82. The first kappa shape index (κ1) is 17.0. The Balaban J connectivity index is 1.60. The van der Waals surface area contributed by atoms with Crippen LogP contribution in [-0.4, -0.2) is 57.9 Å². The van der Waals surface area contributed by atoms with Crippen molar-refractivity contribution in [2.45, 2.75) is 61.7 Å². The van der Waals surface area contributed by atoms with E-state index in [0.29, 0.717) is 18.6 Å². The van der Waals surface area contributed by atoms with E-state index in [1.54, 1.807) is 6.07 Å². The van der Waals surface area contributed by atoms with Crippen molar-refractivity contribution in [1.29, 1.82) is 0 Å². The van der Waals surface area contributed by atoms with Gasteiger partial charge in [-0.3, -0.25) is 4.79 Å². The fourth-order valence-corrected chi connectivity index (χ4v) is 7.29. The van der Waals surface area contributed by atoms with Crippen molar-refractivity contribution in [2.75, 3.05) is 19.6 Å². The van der Waals surface area contributed by atoms with Gasteiger partial charge in [0.25, 0.3) is 0 Å². The lowest BCUT2D eigenvalue weighted by Crippen LogP contribution is -2.81. The Kier molecular flexibility index (Phi) is 3.16. The van der Waals surface area contributed by atoms with E-state index in [9.17, 15) is 15.0 Å². The Hall–Kier alpha value is -1.85. The number of phenols is 1. The molecule has 5 atom stereocenters. The van der Waals surface area contributed by atoms with E-state index in [4.69, 9.17) is 4.74 Å². The fourth-order valence-electron chi connectivity index (χ4n) is 7.29. The van der Waals surface area contributed by atoms with Crippen molar-refractivity contribution in [3.8, 4) is 11.5 Å². The first-order valence-electron chi connectivity index (χ1n) is 10.7. The molecule has 5 aliphatic rings. The number of carbonyl (C=O) groups excluding carboxylic acids is 1. The van der Waals surface area contributed by atoms with Crippen molar-refractivity contribution in [3.05, 3.63) is 35.9 Å².